The highest BCUT2D eigenvalue weighted by atomic mass is 32.1. The van der Waals surface area contributed by atoms with Crippen LogP contribution in [0.15, 0.2) is 42.5 Å². The number of nitrogens with zero attached hydrogens (tertiary/aromatic N) is 2. The number of likely N-dealkylation sites (tertiary alicyclic amines) is 1. The second kappa shape index (κ2) is 7.10. The Bertz CT molecular complexity index is 838. The Morgan fingerprint density at radius 2 is 2.00 bits per heavy atom. The number of rotatable bonds is 4. The molecule has 0 atom stereocenters. The van der Waals surface area contributed by atoms with Gasteiger partial charge in [-0.25, -0.2) is 9.37 Å². The third kappa shape index (κ3) is 3.53. The number of methoxy groups -OCH3 is 1. The zero-order valence-electron chi connectivity index (χ0n) is 14.2. The molecule has 0 aliphatic carbocycles. The highest BCUT2D eigenvalue weighted by molar-refractivity contribution is 7.18. The van der Waals surface area contributed by atoms with Crippen LogP contribution in [0.2, 0.25) is 0 Å². The Labute approximate surface area is 151 Å². The molecule has 2 aromatic carbocycles. The molecule has 4 rings (SSSR count). The quantitative estimate of drug-likeness (QED) is 0.670. The van der Waals surface area contributed by atoms with Crippen molar-refractivity contribution < 1.29 is 9.13 Å². The number of aromatic nitrogens is 1. The molecule has 1 aliphatic heterocycles. The van der Waals surface area contributed by atoms with Crippen LogP contribution in [0, 0.1) is 5.82 Å². The topological polar surface area (TPSA) is 25.4 Å². The molecule has 0 spiro atoms. The van der Waals surface area contributed by atoms with Crippen LogP contribution < -0.4 is 4.74 Å². The first-order valence-electron chi connectivity index (χ1n) is 8.63. The molecule has 0 unspecified atom stereocenters. The summed E-state index contributed by atoms with van der Waals surface area (Å²) in [6.45, 7) is 2.73. The Morgan fingerprint density at radius 3 is 2.76 bits per heavy atom. The van der Waals surface area contributed by atoms with Crippen LogP contribution >= 0.6 is 11.3 Å². The fourth-order valence-electron chi connectivity index (χ4n) is 3.51. The number of benzene rings is 2. The Kier molecular flexibility index (Phi) is 4.68. The van der Waals surface area contributed by atoms with E-state index in [1.54, 1.807) is 19.2 Å². The van der Waals surface area contributed by atoms with Gasteiger partial charge < -0.3 is 4.74 Å². The second-order valence-corrected chi connectivity index (χ2v) is 7.59. The standard InChI is InChI=1S/C20H21FN2OS/c1-24-18-7-6-16(21)12-15(18)13-23-10-8-14(9-11-23)20-22-17-4-2-3-5-19(17)25-20/h2-7,12,14H,8-11,13H2,1H3. The van der Waals surface area contributed by atoms with Gasteiger partial charge in [-0.15, -0.1) is 11.3 Å². The summed E-state index contributed by atoms with van der Waals surface area (Å²) in [5, 5.41) is 1.25. The molecule has 1 fully saturated rings. The molecule has 25 heavy (non-hydrogen) atoms. The molecule has 1 aromatic heterocycles. The number of fused-ring (bicyclic) bond motifs is 1. The molecule has 130 valence electrons. The first kappa shape index (κ1) is 16.5. The highest BCUT2D eigenvalue weighted by Crippen LogP contribution is 2.34. The highest BCUT2D eigenvalue weighted by Gasteiger charge is 2.24. The van der Waals surface area contributed by atoms with E-state index in [-0.39, 0.29) is 5.82 Å². The van der Waals surface area contributed by atoms with Crippen molar-refractivity contribution in [3.63, 3.8) is 0 Å². The molecular weight excluding hydrogens is 335 g/mol. The molecule has 0 radical (unpaired) electrons. The third-order valence-corrected chi connectivity index (χ3v) is 6.08. The molecule has 1 aliphatic rings. The van der Waals surface area contributed by atoms with Crippen molar-refractivity contribution in [3.05, 3.63) is 58.9 Å². The smallest absolute Gasteiger partial charge is 0.123 e. The predicted molar refractivity (Wildman–Crippen MR) is 99.8 cm³/mol. The maximum Gasteiger partial charge on any atom is 0.123 e. The zero-order valence-corrected chi connectivity index (χ0v) is 15.1. The van der Waals surface area contributed by atoms with Gasteiger partial charge in [0.1, 0.15) is 11.6 Å². The van der Waals surface area contributed by atoms with E-state index in [1.807, 2.05) is 17.4 Å². The molecular formula is C20H21FN2OS. The van der Waals surface area contributed by atoms with Crippen LogP contribution in [0.1, 0.15) is 29.3 Å². The van der Waals surface area contributed by atoms with Gasteiger partial charge in [-0.2, -0.15) is 0 Å². The fourth-order valence-corrected chi connectivity index (χ4v) is 4.65. The summed E-state index contributed by atoms with van der Waals surface area (Å²) < 4.78 is 20.2. The Hall–Kier alpha value is -1.98. The fraction of sp³-hybridized carbons (Fsp3) is 0.350. The number of halogens is 1. The molecule has 2 heterocycles. The van der Waals surface area contributed by atoms with Crippen molar-refractivity contribution in [3.8, 4) is 5.75 Å². The minimum absolute atomic E-state index is 0.208. The maximum atomic E-state index is 13.5. The molecule has 1 saturated heterocycles. The number of piperidine rings is 1. The minimum Gasteiger partial charge on any atom is -0.496 e. The lowest BCUT2D eigenvalue weighted by atomic mass is 9.97. The van der Waals surface area contributed by atoms with Crippen LogP contribution in [0.3, 0.4) is 0 Å². The van der Waals surface area contributed by atoms with Crippen LogP contribution in [-0.2, 0) is 6.54 Å². The van der Waals surface area contributed by atoms with Gasteiger partial charge in [-0.1, -0.05) is 12.1 Å². The van der Waals surface area contributed by atoms with Crippen molar-refractivity contribution in [1.82, 2.24) is 9.88 Å². The van der Waals surface area contributed by atoms with Crippen LogP contribution in [0.25, 0.3) is 10.2 Å². The number of thiazole rings is 1. The number of hydrogen-bond acceptors (Lipinski definition) is 4. The summed E-state index contributed by atoms with van der Waals surface area (Å²) in [5.41, 5.74) is 2.02. The molecule has 0 amide bonds. The summed E-state index contributed by atoms with van der Waals surface area (Å²) in [6, 6.07) is 13.1. The van der Waals surface area contributed by atoms with E-state index in [0.29, 0.717) is 5.92 Å². The molecule has 3 aromatic rings. The summed E-state index contributed by atoms with van der Waals surface area (Å²) in [6.07, 6.45) is 2.19. The summed E-state index contributed by atoms with van der Waals surface area (Å²) in [7, 11) is 1.64. The van der Waals surface area contributed by atoms with Gasteiger partial charge in [0.15, 0.2) is 0 Å². The average Bonchev–Trinajstić information content (AvgIpc) is 3.07. The first-order chi connectivity index (χ1) is 12.2. The Morgan fingerprint density at radius 1 is 1.20 bits per heavy atom. The van der Waals surface area contributed by atoms with Crippen molar-refractivity contribution in [2.75, 3.05) is 20.2 Å². The van der Waals surface area contributed by atoms with Crippen LogP contribution in [0.4, 0.5) is 4.39 Å². The lowest BCUT2D eigenvalue weighted by Crippen LogP contribution is -2.32. The third-order valence-electron chi connectivity index (χ3n) is 4.88. The molecule has 0 N–H and O–H groups in total. The van der Waals surface area contributed by atoms with E-state index in [1.165, 1.54) is 15.8 Å². The second-order valence-electron chi connectivity index (χ2n) is 6.53. The molecule has 0 saturated carbocycles. The number of ether oxygens (including phenoxy) is 1. The molecule has 3 nitrogen and oxygen atoms in total. The van der Waals surface area contributed by atoms with Gasteiger partial charge in [-0.05, 0) is 56.3 Å². The van der Waals surface area contributed by atoms with E-state index in [4.69, 9.17) is 9.72 Å². The van der Waals surface area contributed by atoms with Gasteiger partial charge >= 0.3 is 0 Å². The van der Waals surface area contributed by atoms with Gasteiger partial charge in [0, 0.05) is 18.0 Å². The lowest BCUT2D eigenvalue weighted by Gasteiger charge is -2.31. The van der Waals surface area contributed by atoms with E-state index in [9.17, 15) is 4.39 Å². The van der Waals surface area contributed by atoms with Crippen molar-refractivity contribution in [2.45, 2.75) is 25.3 Å². The lowest BCUT2D eigenvalue weighted by molar-refractivity contribution is 0.202. The average molecular weight is 356 g/mol. The van der Waals surface area contributed by atoms with Gasteiger partial charge in [0.05, 0.1) is 22.3 Å². The van der Waals surface area contributed by atoms with E-state index in [0.717, 1.165) is 49.3 Å². The predicted octanol–water partition coefficient (Wildman–Crippen LogP) is 4.82. The van der Waals surface area contributed by atoms with Crippen LogP contribution in [-0.4, -0.2) is 30.1 Å². The van der Waals surface area contributed by atoms with Gasteiger partial charge in [0.25, 0.3) is 0 Å². The van der Waals surface area contributed by atoms with E-state index < -0.39 is 0 Å². The van der Waals surface area contributed by atoms with E-state index >= 15 is 0 Å². The largest absolute Gasteiger partial charge is 0.496 e. The van der Waals surface area contributed by atoms with E-state index in [2.05, 4.69) is 23.1 Å². The summed E-state index contributed by atoms with van der Waals surface area (Å²) in [5.74, 6) is 1.08. The van der Waals surface area contributed by atoms with Crippen molar-refractivity contribution >= 4 is 21.6 Å². The minimum atomic E-state index is -0.208. The van der Waals surface area contributed by atoms with Crippen molar-refractivity contribution in [1.29, 1.82) is 0 Å². The summed E-state index contributed by atoms with van der Waals surface area (Å²) in [4.78, 5) is 7.19. The number of para-hydroxylation sites is 1. The first-order valence-corrected chi connectivity index (χ1v) is 9.45. The molecule has 0 bridgehead atoms. The number of hydrogen-bond donors (Lipinski definition) is 0. The monoisotopic (exact) mass is 356 g/mol. The van der Waals surface area contributed by atoms with Gasteiger partial charge in [0.2, 0.25) is 0 Å². The van der Waals surface area contributed by atoms with Gasteiger partial charge in [-0.3, -0.25) is 4.90 Å². The SMILES string of the molecule is COc1ccc(F)cc1CN1CCC(c2nc3ccccc3s2)CC1. The summed E-state index contributed by atoms with van der Waals surface area (Å²) >= 11 is 1.82. The normalized spacial score (nSPS) is 16.4. The Balaban J connectivity index is 1.42. The van der Waals surface area contributed by atoms with Crippen LogP contribution in [0.5, 0.6) is 5.75 Å². The molecule has 5 heteroatoms. The maximum absolute atomic E-state index is 13.5. The van der Waals surface area contributed by atoms with Crippen molar-refractivity contribution in [2.24, 2.45) is 0 Å². The zero-order chi connectivity index (χ0) is 17.2.